The number of nitrogens with zero attached hydrogens (tertiary/aromatic N) is 8. The molecule has 0 radical (unpaired) electrons. The van der Waals surface area contributed by atoms with Gasteiger partial charge in [-0.3, -0.25) is 82.4 Å². The van der Waals surface area contributed by atoms with Crippen molar-refractivity contribution in [2.45, 2.75) is 60.4 Å². The van der Waals surface area contributed by atoms with Crippen LogP contribution in [-0.4, -0.2) is 276 Å². The van der Waals surface area contributed by atoms with Gasteiger partial charge in [-0.15, -0.1) is 0 Å². The van der Waals surface area contributed by atoms with Crippen LogP contribution in [0.5, 0.6) is 0 Å². The monoisotopic (exact) mass is 961 g/mol. The van der Waals surface area contributed by atoms with Gasteiger partial charge in [-0.05, 0) is 6.42 Å². The quantitative estimate of drug-likeness (QED) is 0.0816. The van der Waals surface area contributed by atoms with Crippen LogP contribution in [0.25, 0.3) is 0 Å². The fourth-order valence-electron chi connectivity index (χ4n) is 7.07. The Balaban J connectivity index is 0.000000678. The lowest BCUT2D eigenvalue weighted by atomic mass is 9.87. The first-order valence-electron chi connectivity index (χ1n) is 22.4. The Morgan fingerprint density at radius 2 is 0.701 bits per heavy atom. The third-order valence-electron chi connectivity index (χ3n) is 11.3. The van der Waals surface area contributed by atoms with Gasteiger partial charge >= 0.3 is 29.8 Å². The molecule has 0 bridgehead atoms. The molecule has 24 nitrogen and oxygen atoms in total. The molecule has 2 fully saturated rings. The van der Waals surface area contributed by atoms with Crippen LogP contribution in [0.2, 0.25) is 0 Å². The molecule has 2 rings (SSSR count). The minimum atomic E-state index is -1.07. The molecule has 0 aromatic rings. The summed E-state index contributed by atoms with van der Waals surface area (Å²) in [5.74, 6) is -4.99. The average Bonchev–Trinajstić information content (AvgIpc) is 3.21. The predicted octanol–water partition coefficient (Wildman–Crippen LogP) is -1.52. The van der Waals surface area contributed by atoms with Gasteiger partial charge in [-0.25, -0.2) is 0 Å². The van der Waals surface area contributed by atoms with Gasteiger partial charge in [-0.1, -0.05) is 41.5 Å². The second kappa shape index (κ2) is 31.4. The van der Waals surface area contributed by atoms with Crippen molar-refractivity contribution in [1.82, 2.24) is 39.2 Å². The van der Waals surface area contributed by atoms with Crippen molar-refractivity contribution in [2.24, 2.45) is 10.8 Å². The van der Waals surface area contributed by atoms with E-state index >= 15 is 0 Å². The van der Waals surface area contributed by atoms with Gasteiger partial charge in [0.25, 0.3) is 12.9 Å². The van der Waals surface area contributed by atoms with Crippen molar-refractivity contribution in [3.8, 4) is 0 Å². The van der Waals surface area contributed by atoms with E-state index in [4.69, 9.17) is 9.47 Å². The molecule has 24 heteroatoms. The number of carbonyl (C=O) groups excluding carboxylic acids is 4. The van der Waals surface area contributed by atoms with Crippen molar-refractivity contribution < 1.29 is 78.2 Å². The lowest BCUT2D eigenvalue weighted by Gasteiger charge is -2.35. The van der Waals surface area contributed by atoms with Gasteiger partial charge in [-0.2, -0.15) is 0 Å². The number of carboxylic acids is 5. The van der Waals surface area contributed by atoms with E-state index in [0.29, 0.717) is 91.5 Å². The van der Waals surface area contributed by atoms with Gasteiger partial charge in [0.15, 0.2) is 5.78 Å². The van der Waals surface area contributed by atoms with Crippen LogP contribution >= 0.6 is 0 Å². The molecule has 0 aromatic heterocycles. The molecule has 0 aromatic carbocycles. The highest BCUT2D eigenvalue weighted by Crippen LogP contribution is 2.20. The number of ketones is 2. The molecule has 0 saturated carbocycles. The van der Waals surface area contributed by atoms with Crippen LogP contribution in [-0.2, 0) is 52.6 Å². The maximum Gasteiger partial charge on any atom is 0.320 e. The molecule has 1 unspecified atom stereocenters. The molecule has 2 heterocycles. The number of ether oxygens (including phenoxy) is 2. The molecule has 2 aliphatic heterocycles. The highest BCUT2D eigenvalue weighted by Gasteiger charge is 2.31. The predicted molar refractivity (Wildman–Crippen MR) is 241 cm³/mol. The van der Waals surface area contributed by atoms with Crippen LogP contribution in [0.1, 0.15) is 54.4 Å². The summed E-state index contributed by atoms with van der Waals surface area (Å²) in [4.78, 5) is 118. The lowest BCUT2D eigenvalue weighted by molar-refractivity contribution is -0.145. The summed E-state index contributed by atoms with van der Waals surface area (Å²) in [6, 6.07) is -0.955. The molecule has 0 aliphatic carbocycles. The van der Waals surface area contributed by atoms with E-state index in [1.165, 1.54) is 0 Å². The molecular weight excluding hydrogens is 885 g/mol. The Kier molecular flexibility index (Phi) is 28.2. The summed E-state index contributed by atoms with van der Waals surface area (Å²) in [5, 5.41) is 46.9. The minimum Gasteiger partial charge on any atom is -0.480 e. The van der Waals surface area contributed by atoms with Crippen LogP contribution < -0.4 is 0 Å². The van der Waals surface area contributed by atoms with E-state index in [-0.39, 0.29) is 96.8 Å². The zero-order chi connectivity index (χ0) is 50.7. The average molecular weight is 961 g/mol. The summed E-state index contributed by atoms with van der Waals surface area (Å²) >= 11 is 0. The first-order valence-corrected chi connectivity index (χ1v) is 22.4. The molecule has 1 atom stereocenters. The van der Waals surface area contributed by atoms with Crippen molar-refractivity contribution in [3.05, 3.63) is 0 Å². The second-order valence-electron chi connectivity index (χ2n) is 18.8. The Morgan fingerprint density at radius 3 is 0.970 bits per heavy atom. The topological polar surface area (TPSA) is 299 Å². The maximum absolute atomic E-state index is 12.6. The molecule has 0 amide bonds. The number of carboxylic acid groups (broad SMARTS) is 5. The van der Waals surface area contributed by atoms with Crippen molar-refractivity contribution in [2.75, 3.05) is 151 Å². The molecule has 5 N–H and O–H groups in total. The van der Waals surface area contributed by atoms with E-state index in [9.17, 15) is 68.7 Å². The summed E-state index contributed by atoms with van der Waals surface area (Å²) < 4.78 is 9.79. The third kappa shape index (κ3) is 27.7. The fourth-order valence-corrected chi connectivity index (χ4v) is 7.07. The summed E-state index contributed by atoms with van der Waals surface area (Å²) in [6.07, 6.45) is 0.208. The maximum atomic E-state index is 12.6. The number of hydrogen-bond acceptors (Lipinski definition) is 19. The first-order chi connectivity index (χ1) is 31.3. The van der Waals surface area contributed by atoms with E-state index in [2.05, 4.69) is 0 Å². The largest absolute Gasteiger partial charge is 0.480 e. The van der Waals surface area contributed by atoms with Crippen LogP contribution in [0, 0.1) is 10.8 Å². The second-order valence-corrected chi connectivity index (χ2v) is 18.8. The summed E-state index contributed by atoms with van der Waals surface area (Å²) in [7, 11) is 0. The number of hydrogen-bond donors (Lipinski definition) is 5. The van der Waals surface area contributed by atoms with Gasteiger partial charge in [0.1, 0.15) is 25.3 Å². The highest BCUT2D eigenvalue weighted by molar-refractivity contribution is 5.85. The van der Waals surface area contributed by atoms with Crippen molar-refractivity contribution in [1.29, 1.82) is 0 Å². The van der Waals surface area contributed by atoms with Crippen molar-refractivity contribution >= 4 is 54.4 Å². The van der Waals surface area contributed by atoms with Gasteiger partial charge in [0.05, 0.1) is 32.7 Å². The molecule has 2 saturated heterocycles. The zero-order valence-electron chi connectivity index (χ0n) is 40.2. The lowest BCUT2D eigenvalue weighted by Crippen LogP contribution is -2.51. The van der Waals surface area contributed by atoms with Crippen LogP contribution in [0.15, 0.2) is 0 Å². The normalized spacial score (nSPS) is 19.1. The van der Waals surface area contributed by atoms with E-state index in [1.54, 1.807) is 50.2 Å². The SMILES string of the molecule is CC(C)(C)C(=O)CCC(C(=O)O)N1CCN(COC=O)CCN(CC(=O)O)CCN(CC(=O)O)CC1.CC(C)(C)C(=O)CN1CCN(COC=O)CCN(CC(=O)O)CCN(CC(=O)O)CC1. The number of aliphatic carboxylic acids is 5. The van der Waals surface area contributed by atoms with Crippen LogP contribution in [0.3, 0.4) is 0 Å². The van der Waals surface area contributed by atoms with Crippen LogP contribution in [0.4, 0.5) is 0 Å². The van der Waals surface area contributed by atoms with Gasteiger partial charge < -0.3 is 35.0 Å². The summed E-state index contributed by atoms with van der Waals surface area (Å²) in [5.41, 5.74) is -1.07. The fraction of sp³-hybridized carbons (Fsp3) is 0.791. The smallest absolute Gasteiger partial charge is 0.320 e. The standard InChI is InChI=1S/C23H40N4O9.C20H36N4O7/c1-23(2,3)19(29)5-4-18(22(34)35)27-12-10-25(15-21(32)33)7-6-24(14-20(30)31)8-9-26(11-13-27)16-36-17-28;1-20(2,3)17(26)12-21-4-5-22(13-18(27)28)6-7-23(14-19(29)30)9-11-24(10-8-21)15-31-16-25/h17-18H,4-16H2,1-3H3,(H,30,31)(H,32,33)(H,34,35);16H,4-15H2,1-3H3,(H,27,28)(H,29,30). The summed E-state index contributed by atoms with van der Waals surface area (Å²) in [6.45, 7) is 17.1. The van der Waals surface area contributed by atoms with Crippen molar-refractivity contribution in [3.63, 3.8) is 0 Å². The van der Waals surface area contributed by atoms with Gasteiger partial charge in [0.2, 0.25) is 0 Å². The Morgan fingerprint density at radius 1 is 0.433 bits per heavy atom. The third-order valence-corrected chi connectivity index (χ3v) is 11.3. The zero-order valence-corrected chi connectivity index (χ0v) is 40.2. The number of rotatable bonds is 21. The Hall–Kier alpha value is -4.69. The molecular formula is C43H76N8O16. The molecule has 0 spiro atoms. The Labute approximate surface area is 393 Å². The van der Waals surface area contributed by atoms with E-state index in [0.717, 1.165) is 0 Å². The minimum absolute atomic E-state index is 0.0381. The molecule has 67 heavy (non-hydrogen) atoms. The van der Waals surface area contributed by atoms with E-state index in [1.807, 2.05) is 30.6 Å². The van der Waals surface area contributed by atoms with Gasteiger partial charge in [0, 0.05) is 122 Å². The number of Topliss-reactive ketones (excluding diaryl/α,β-unsaturated/α-hetero) is 2. The highest BCUT2D eigenvalue weighted by atomic mass is 16.5. The van der Waals surface area contributed by atoms with E-state index < -0.39 is 46.7 Å². The first kappa shape index (κ1) is 60.3. The Bertz CT molecular complexity index is 1590. The molecule has 384 valence electrons. The molecule has 2 aliphatic rings. The number of carbonyl (C=O) groups is 9.